The molecule has 0 aromatic carbocycles. The summed E-state index contributed by atoms with van der Waals surface area (Å²) in [4.78, 5) is 22.6. The molecule has 1 unspecified atom stereocenters. The first-order valence-corrected chi connectivity index (χ1v) is 8.37. The summed E-state index contributed by atoms with van der Waals surface area (Å²) in [5, 5.41) is 5.46. The van der Waals surface area contributed by atoms with Crippen molar-refractivity contribution in [1.82, 2.24) is 10.6 Å². The molecule has 0 aliphatic carbocycles. The van der Waals surface area contributed by atoms with Crippen molar-refractivity contribution < 1.29 is 19.1 Å². The van der Waals surface area contributed by atoms with Crippen molar-refractivity contribution in [1.29, 1.82) is 0 Å². The highest BCUT2D eigenvalue weighted by Crippen LogP contribution is 2.27. The zero-order chi connectivity index (χ0) is 18.3. The number of carbonyl (C=O) groups is 2. The van der Waals surface area contributed by atoms with Crippen molar-refractivity contribution in [3.63, 3.8) is 0 Å². The largest absolute Gasteiger partial charge is 0.444 e. The second-order valence-corrected chi connectivity index (χ2v) is 8.36. The van der Waals surface area contributed by atoms with Gasteiger partial charge in [-0.05, 0) is 48.0 Å². The van der Waals surface area contributed by atoms with Crippen LogP contribution >= 0.6 is 12.6 Å². The Bertz CT molecular complexity index is 403. The minimum absolute atomic E-state index is 0.111. The second kappa shape index (κ2) is 8.78. The Labute approximate surface area is 145 Å². The van der Waals surface area contributed by atoms with E-state index in [2.05, 4.69) is 23.3 Å². The van der Waals surface area contributed by atoms with E-state index in [1.807, 2.05) is 20.8 Å². The van der Waals surface area contributed by atoms with E-state index in [1.165, 1.54) is 0 Å². The van der Waals surface area contributed by atoms with Gasteiger partial charge in [0.25, 0.3) is 0 Å². The highest BCUT2D eigenvalue weighted by molar-refractivity contribution is 7.81. The molecule has 0 fully saturated rings. The van der Waals surface area contributed by atoms with E-state index >= 15 is 0 Å². The monoisotopic (exact) mass is 348 g/mol. The van der Waals surface area contributed by atoms with Gasteiger partial charge >= 0.3 is 6.09 Å². The molecule has 0 rings (SSSR count). The fourth-order valence-electron chi connectivity index (χ4n) is 1.89. The van der Waals surface area contributed by atoms with E-state index in [9.17, 15) is 9.59 Å². The van der Waals surface area contributed by atoms with Crippen LogP contribution in [0.3, 0.4) is 0 Å². The molecule has 0 aliphatic rings. The topological polar surface area (TPSA) is 76.7 Å². The maximum Gasteiger partial charge on any atom is 0.407 e. The summed E-state index contributed by atoms with van der Waals surface area (Å²) in [6.45, 7) is 13.6. The first kappa shape index (κ1) is 22.1. The SMILES string of the molecule is CCCNC(=O)CC(C)(S)OC(C)(C)CNC(=O)OC(C)(C)C. The summed E-state index contributed by atoms with van der Waals surface area (Å²) >= 11 is 4.43. The highest BCUT2D eigenvalue weighted by Gasteiger charge is 2.32. The summed E-state index contributed by atoms with van der Waals surface area (Å²) in [7, 11) is 0. The lowest BCUT2D eigenvalue weighted by Gasteiger charge is -2.35. The zero-order valence-corrected chi connectivity index (χ0v) is 16.3. The van der Waals surface area contributed by atoms with Crippen LogP contribution in [0.25, 0.3) is 0 Å². The smallest absolute Gasteiger partial charge is 0.407 e. The van der Waals surface area contributed by atoms with Gasteiger partial charge in [0.15, 0.2) is 0 Å². The molecule has 6 nitrogen and oxygen atoms in total. The van der Waals surface area contributed by atoms with Gasteiger partial charge in [-0.2, -0.15) is 0 Å². The first-order valence-electron chi connectivity index (χ1n) is 7.92. The number of carbonyl (C=O) groups excluding carboxylic acids is 2. The molecule has 0 aliphatic heterocycles. The lowest BCUT2D eigenvalue weighted by molar-refractivity contribution is -0.130. The maximum absolute atomic E-state index is 11.8. The van der Waals surface area contributed by atoms with E-state index in [-0.39, 0.29) is 18.9 Å². The summed E-state index contributed by atoms with van der Waals surface area (Å²) in [6.07, 6.45) is 0.503. The molecule has 0 aromatic rings. The summed E-state index contributed by atoms with van der Waals surface area (Å²) in [5.74, 6) is -0.111. The lowest BCUT2D eigenvalue weighted by Crippen LogP contribution is -2.47. The Kier molecular flexibility index (Phi) is 8.41. The molecule has 0 heterocycles. The maximum atomic E-state index is 11.8. The van der Waals surface area contributed by atoms with Gasteiger partial charge in [0, 0.05) is 13.1 Å². The van der Waals surface area contributed by atoms with Crippen LogP contribution in [0.5, 0.6) is 0 Å². The minimum Gasteiger partial charge on any atom is -0.444 e. The Morgan fingerprint density at radius 3 is 2.09 bits per heavy atom. The Balaban J connectivity index is 4.42. The van der Waals surface area contributed by atoms with Crippen LogP contribution in [-0.4, -0.2) is 41.2 Å². The molecule has 1 atom stereocenters. The van der Waals surface area contributed by atoms with Gasteiger partial charge in [-0.3, -0.25) is 4.79 Å². The molecule has 2 N–H and O–H groups in total. The predicted octanol–water partition coefficient (Wildman–Crippen LogP) is 2.87. The van der Waals surface area contributed by atoms with Crippen LogP contribution in [-0.2, 0) is 14.3 Å². The average molecular weight is 349 g/mol. The van der Waals surface area contributed by atoms with Crippen molar-refractivity contribution in [2.75, 3.05) is 13.1 Å². The molecular formula is C16H32N2O4S. The van der Waals surface area contributed by atoms with E-state index in [1.54, 1.807) is 27.7 Å². The van der Waals surface area contributed by atoms with Gasteiger partial charge in [0.2, 0.25) is 5.91 Å². The van der Waals surface area contributed by atoms with Crippen LogP contribution in [0, 0.1) is 0 Å². The standard InChI is InChI=1S/C16H32N2O4S/c1-8-9-17-12(19)10-16(7,23)22-15(5,6)11-18-13(20)21-14(2,3)4/h23H,8-11H2,1-7H3,(H,17,19)(H,18,20). The minimum atomic E-state index is -0.934. The van der Waals surface area contributed by atoms with Crippen LogP contribution in [0.1, 0.15) is 61.3 Å². The lowest BCUT2D eigenvalue weighted by atomic mass is 10.1. The van der Waals surface area contributed by atoms with Gasteiger partial charge in [0.05, 0.1) is 12.0 Å². The average Bonchev–Trinajstić information content (AvgIpc) is 2.30. The highest BCUT2D eigenvalue weighted by atomic mass is 32.1. The van der Waals surface area contributed by atoms with Crippen molar-refractivity contribution in [2.45, 2.75) is 77.4 Å². The first-order chi connectivity index (χ1) is 10.3. The fraction of sp³-hybridized carbons (Fsp3) is 0.875. The number of hydrogen-bond donors (Lipinski definition) is 3. The number of thiol groups is 1. The quantitative estimate of drug-likeness (QED) is 0.466. The molecule has 0 aromatic heterocycles. The van der Waals surface area contributed by atoms with Gasteiger partial charge in [-0.15, -0.1) is 12.6 Å². The molecule has 23 heavy (non-hydrogen) atoms. The Morgan fingerprint density at radius 1 is 1.04 bits per heavy atom. The normalized spacial score (nSPS) is 14.8. The molecular weight excluding hydrogens is 316 g/mol. The summed E-state index contributed by atoms with van der Waals surface area (Å²) in [6, 6.07) is 0. The molecule has 2 amide bonds. The van der Waals surface area contributed by atoms with Crippen LogP contribution in [0.2, 0.25) is 0 Å². The third-order valence-corrected chi connectivity index (χ3v) is 2.86. The summed E-state index contributed by atoms with van der Waals surface area (Å²) in [5.41, 5.74) is -1.25. The molecule has 0 spiro atoms. The third kappa shape index (κ3) is 12.2. The van der Waals surface area contributed by atoms with Gasteiger partial charge in [-0.1, -0.05) is 6.92 Å². The third-order valence-electron chi connectivity index (χ3n) is 2.61. The van der Waals surface area contributed by atoms with Crippen molar-refractivity contribution in [3.8, 4) is 0 Å². The number of ether oxygens (including phenoxy) is 2. The number of amides is 2. The van der Waals surface area contributed by atoms with E-state index in [0.29, 0.717) is 6.54 Å². The van der Waals surface area contributed by atoms with E-state index in [4.69, 9.17) is 9.47 Å². The van der Waals surface area contributed by atoms with E-state index < -0.39 is 22.2 Å². The van der Waals surface area contributed by atoms with Crippen molar-refractivity contribution in [2.24, 2.45) is 0 Å². The number of nitrogens with one attached hydrogen (secondary N) is 2. The summed E-state index contributed by atoms with van der Waals surface area (Å²) < 4.78 is 11.1. The molecule has 0 radical (unpaired) electrons. The zero-order valence-electron chi connectivity index (χ0n) is 15.4. The second-order valence-electron chi connectivity index (χ2n) is 7.42. The van der Waals surface area contributed by atoms with Crippen molar-refractivity contribution >= 4 is 24.6 Å². The van der Waals surface area contributed by atoms with Crippen LogP contribution in [0.4, 0.5) is 4.79 Å². The Morgan fingerprint density at radius 2 is 1.61 bits per heavy atom. The predicted molar refractivity (Wildman–Crippen MR) is 94.7 cm³/mol. The van der Waals surface area contributed by atoms with Gasteiger partial charge in [0.1, 0.15) is 10.5 Å². The Hall–Kier alpha value is -0.950. The fourth-order valence-corrected chi connectivity index (χ4v) is 2.28. The van der Waals surface area contributed by atoms with Gasteiger partial charge in [-0.25, -0.2) is 4.79 Å². The van der Waals surface area contributed by atoms with Crippen molar-refractivity contribution in [3.05, 3.63) is 0 Å². The van der Waals surface area contributed by atoms with Crippen LogP contribution < -0.4 is 10.6 Å². The molecule has 7 heteroatoms. The number of hydrogen-bond acceptors (Lipinski definition) is 5. The van der Waals surface area contributed by atoms with Crippen LogP contribution in [0.15, 0.2) is 0 Å². The number of rotatable bonds is 8. The molecule has 0 bridgehead atoms. The molecule has 0 saturated carbocycles. The van der Waals surface area contributed by atoms with Gasteiger partial charge < -0.3 is 20.1 Å². The van der Waals surface area contributed by atoms with E-state index in [0.717, 1.165) is 6.42 Å². The molecule has 0 saturated heterocycles. The number of alkyl carbamates (subject to hydrolysis) is 1. The molecule has 136 valence electrons.